The SMILES string of the molecule is Cc1nc2ccc(NC(=O)CCC(C)(C)N)cc2[nH]1. The molecule has 1 amide bonds. The van der Waals surface area contributed by atoms with Crippen molar-refractivity contribution in [3.8, 4) is 0 Å². The Balaban J connectivity index is 2.02. The van der Waals surface area contributed by atoms with Crippen LogP contribution in [0.25, 0.3) is 11.0 Å². The van der Waals surface area contributed by atoms with Crippen molar-refractivity contribution in [2.24, 2.45) is 5.73 Å². The number of imidazole rings is 1. The zero-order valence-corrected chi connectivity index (χ0v) is 11.6. The van der Waals surface area contributed by atoms with Crippen molar-refractivity contribution in [2.45, 2.75) is 39.2 Å². The van der Waals surface area contributed by atoms with Crippen LogP contribution < -0.4 is 11.1 Å². The third-order valence-corrected chi connectivity index (χ3v) is 2.88. The van der Waals surface area contributed by atoms with Crippen LogP contribution in [-0.4, -0.2) is 21.4 Å². The van der Waals surface area contributed by atoms with Gasteiger partial charge in [-0.15, -0.1) is 0 Å². The van der Waals surface area contributed by atoms with Crippen molar-refractivity contribution in [1.82, 2.24) is 9.97 Å². The summed E-state index contributed by atoms with van der Waals surface area (Å²) in [5, 5.41) is 2.87. The van der Waals surface area contributed by atoms with Gasteiger partial charge in [0.2, 0.25) is 5.91 Å². The number of nitrogens with two attached hydrogens (primary N) is 1. The molecule has 0 saturated heterocycles. The van der Waals surface area contributed by atoms with E-state index in [2.05, 4.69) is 15.3 Å². The second-order valence-electron chi connectivity index (χ2n) is 5.59. The van der Waals surface area contributed by atoms with Gasteiger partial charge in [-0.3, -0.25) is 4.79 Å². The number of hydrogen-bond donors (Lipinski definition) is 3. The van der Waals surface area contributed by atoms with E-state index in [1.807, 2.05) is 39.0 Å². The maximum atomic E-state index is 11.8. The normalized spacial score (nSPS) is 11.8. The summed E-state index contributed by atoms with van der Waals surface area (Å²) in [7, 11) is 0. The molecular weight excluding hydrogens is 240 g/mol. The van der Waals surface area contributed by atoms with Crippen molar-refractivity contribution in [2.75, 3.05) is 5.32 Å². The first-order valence-corrected chi connectivity index (χ1v) is 6.39. The number of carbonyl (C=O) groups excluding carboxylic acids is 1. The van der Waals surface area contributed by atoms with Crippen LogP contribution in [-0.2, 0) is 4.79 Å². The summed E-state index contributed by atoms with van der Waals surface area (Å²) in [4.78, 5) is 19.3. The van der Waals surface area contributed by atoms with Crippen LogP contribution in [0.2, 0.25) is 0 Å². The summed E-state index contributed by atoms with van der Waals surface area (Å²) in [5.74, 6) is 0.845. The van der Waals surface area contributed by atoms with E-state index in [0.717, 1.165) is 22.5 Å². The minimum atomic E-state index is -0.318. The van der Waals surface area contributed by atoms with Crippen LogP contribution in [0, 0.1) is 6.92 Å². The van der Waals surface area contributed by atoms with Crippen LogP contribution in [0.1, 0.15) is 32.5 Å². The van der Waals surface area contributed by atoms with Gasteiger partial charge in [-0.1, -0.05) is 0 Å². The first-order chi connectivity index (χ1) is 8.83. The average molecular weight is 260 g/mol. The lowest BCUT2D eigenvalue weighted by molar-refractivity contribution is -0.116. The van der Waals surface area contributed by atoms with Crippen molar-refractivity contribution in [3.05, 3.63) is 24.0 Å². The molecule has 1 heterocycles. The number of hydrogen-bond acceptors (Lipinski definition) is 3. The second kappa shape index (κ2) is 5.01. The van der Waals surface area contributed by atoms with Crippen LogP contribution in [0.3, 0.4) is 0 Å². The first kappa shape index (κ1) is 13.5. The van der Waals surface area contributed by atoms with Gasteiger partial charge in [-0.25, -0.2) is 4.98 Å². The lowest BCUT2D eigenvalue weighted by atomic mass is 10.00. The molecule has 2 aromatic rings. The maximum Gasteiger partial charge on any atom is 0.224 e. The minimum absolute atomic E-state index is 0.0193. The lowest BCUT2D eigenvalue weighted by Gasteiger charge is -2.17. The molecule has 0 aliphatic carbocycles. The highest BCUT2D eigenvalue weighted by Crippen LogP contribution is 2.17. The monoisotopic (exact) mass is 260 g/mol. The molecule has 0 aliphatic heterocycles. The molecule has 19 heavy (non-hydrogen) atoms. The molecule has 1 aromatic carbocycles. The second-order valence-corrected chi connectivity index (χ2v) is 5.59. The molecule has 0 bridgehead atoms. The van der Waals surface area contributed by atoms with Crippen molar-refractivity contribution < 1.29 is 4.79 Å². The highest BCUT2D eigenvalue weighted by Gasteiger charge is 2.13. The number of fused-ring (bicyclic) bond motifs is 1. The molecule has 0 fully saturated rings. The Morgan fingerprint density at radius 3 is 2.89 bits per heavy atom. The average Bonchev–Trinajstić information content (AvgIpc) is 2.65. The quantitative estimate of drug-likeness (QED) is 0.788. The molecular formula is C14H20N4O. The van der Waals surface area contributed by atoms with E-state index < -0.39 is 0 Å². The number of rotatable bonds is 4. The fourth-order valence-electron chi connectivity index (χ4n) is 1.87. The van der Waals surface area contributed by atoms with Gasteiger partial charge in [-0.2, -0.15) is 0 Å². The Hall–Kier alpha value is -1.88. The van der Waals surface area contributed by atoms with E-state index in [9.17, 15) is 4.79 Å². The standard InChI is InChI=1S/C14H20N4O/c1-9-16-11-5-4-10(8-12(11)17-9)18-13(19)6-7-14(2,3)15/h4-5,8H,6-7,15H2,1-3H3,(H,16,17)(H,18,19). The van der Waals surface area contributed by atoms with Gasteiger partial charge in [0.05, 0.1) is 11.0 Å². The molecule has 0 spiro atoms. The molecule has 4 N–H and O–H groups in total. The van der Waals surface area contributed by atoms with Gasteiger partial charge in [0.25, 0.3) is 0 Å². The fraction of sp³-hybridized carbons (Fsp3) is 0.429. The number of nitrogens with one attached hydrogen (secondary N) is 2. The zero-order chi connectivity index (χ0) is 14.0. The lowest BCUT2D eigenvalue weighted by Crippen LogP contribution is -2.33. The van der Waals surface area contributed by atoms with E-state index in [1.165, 1.54) is 0 Å². The van der Waals surface area contributed by atoms with Crippen LogP contribution in [0.5, 0.6) is 0 Å². The number of amides is 1. The molecule has 0 atom stereocenters. The van der Waals surface area contributed by atoms with E-state index >= 15 is 0 Å². The summed E-state index contributed by atoms with van der Waals surface area (Å²) >= 11 is 0. The number of aromatic amines is 1. The molecule has 0 radical (unpaired) electrons. The van der Waals surface area contributed by atoms with Gasteiger partial charge in [0.1, 0.15) is 5.82 Å². The topological polar surface area (TPSA) is 83.8 Å². The van der Waals surface area contributed by atoms with Gasteiger partial charge < -0.3 is 16.0 Å². The number of aryl methyl sites for hydroxylation is 1. The molecule has 0 unspecified atom stereocenters. The molecule has 5 nitrogen and oxygen atoms in total. The van der Waals surface area contributed by atoms with Crippen LogP contribution in [0.15, 0.2) is 18.2 Å². The van der Waals surface area contributed by atoms with Gasteiger partial charge in [-0.05, 0) is 45.4 Å². The predicted molar refractivity (Wildman–Crippen MR) is 77.0 cm³/mol. The number of nitrogens with zero attached hydrogens (tertiary/aromatic N) is 1. The van der Waals surface area contributed by atoms with E-state index in [1.54, 1.807) is 0 Å². The fourth-order valence-corrected chi connectivity index (χ4v) is 1.87. The first-order valence-electron chi connectivity index (χ1n) is 6.39. The molecule has 102 valence electrons. The predicted octanol–water partition coefficient (Wildman–Crippen LogP) is 2.33. The molecule has 0 aliphatic rings. The van der Waals surface area contributed by atoms with Gasteiger partial charge >= 0.3 is 0 Å². The third-order valence-electron chi connectivity index (χ3n) is 2.88. The zero-order valence-electron chi connectivity index (χ0n) is 11.6. The Morgan fingerprint density at radius 1 is 1.47 bits per heavy atom. The Labute approximate surface area is 112 Å². The number of H-pyrrole nitrogens is 1. The Kier molecular flexibility index (Phi) is 3.57. The highest BCUT2D eigenvalue weighted by atomic mass is 16.1. The summed E-state index contributed by atoms with van der Waals surface area (Å²) in [5.41, 5.74) is 8.14. The minimum Gasteiger partial charge on any atom is -0.342 e. The largest absolute Gasteiger partial charge is 0.342 e. The third kappa shape index (κ3) is 3.79. The smallest absolute Gasteiger partial charge is 0.224 e. The Bertz CT molecular complexity index is 595. The summed E-state index contributed by atoms with van der Waals surface area (Å²) in [6.07, 6.45) is 1.08. The van der Waals surface area contributed by atoms with E-state index in [4.69, 9.17) is 5.73 Å². The van der Waals surface area contributed by atoms with E-state index in [-0.39, 0.29) is 11.4 Å². The van der Waals surface area contributed by atoms with Crippen molar-refractivity contribution in [1.29, 1.82) is 0 Å². The summed E-state index contributed by atoms with van der Waals surface area (Å²) in [6, 6.07) is 5.64. The number of aromatic nitrogens is 2. The molecule has 0 saturated carbocycles. The molecule has 1 aromatic heterocycles. The number of benzene rings is 1. The Morgan fingerprint density at radius 2 is 2.21 bits per heavy atom. The summed E-state index contributed by atoms with van der Waals surface area (Å²) in [6.45, 7) is 5.74. The van der Waals surface area contributed by atoms with E-state index in [0.29, 0.717) is 12.8 Å². The maximum absolute atomic E-state index is 11.8. The summed E-state index contributed by atoms with van der Waals surface area (Å²) < 4.78 is 0. The molecule has 5 heteroatoms. The number of carbonyl (C=O) groups is 1. The van der Waals surface area contributed by atoms with Gasteiger partial charge in [0.15, 0.2) is 0 Å². The van der Waals surface area contributed by atoms with Crippen molar-refractivity contribution in [3.63, 3.8) is 0 Å². The highest BCUT2D eigenvalue weighted by molar-refractivity contribution is 5.93. The molecule has 2 rings (SSSR count). The van der Waals surface area contributed by atoms with Gasteiger partial charge in [0, 0.05) is 17.6 Å². The number of anilines is 1. The van der Waals surface area contributed by atoms with Crippen LogP contribution in [0.4, 0.5) is 5.69 Å². The van der Waals surface area contributed by atoms with Crippen LogP contribution >= 0.6 is 0 Å². The van der Waals surface area contributed by atoms with Crippen molar-refractivity contribution >= 4 is 22.6 Å².